The van der Waals surface area contributed by atoms with Gasteiger partial charge in [-0.05, 0) is 25.3 Å². The standard InChI is InChI=1S/C14H18O2/c1-10(2)14(11-8-6-5-7-9-11)13(3,4)12(15)16-14/h5-10H,1-4H3. The first-order valence-electron chi connectivity index (χ1n) is 5.72. The van der Waals surface area contributed by atoms with Gasteiger partial charge in [0.15, 0.2) is 5.60 Å². The van der Waals surface area contributed by atoms with E-state index >= 15 is 0 Å². The number of esters is 1. The van der Waals surface area contributed by atoms with Crippen molar-refractivity contribution in [1.82, 2.24) is 0 Å². The van der Waals surface area contributed by atoms with Crippen molar-refractivity contribution in [2.45, 2.75) is 33.3 Å². The molecule has 2 nitrogen and oxygen atoms in total. The van der Waals surface area contributed by atoms with E-state index in [0.717, 1.165) is 5.56 Å². The molecule has 0 N–H and O–H groups in total. The van der Waals surface area contributed by atoms with Gasteiger partial charge in [-0.2, -0.15) is 0 Å². The zero-order valence-electron chi connectivity index (χ0n) is 10.3. The van der Waals surface area contributed by atoms with Crippen LogP contribution in [0.3, 0.4) is 0 Å². The van der Waals surface area contributed by atoms with Crippen molar-refractivity contribution < 1.29 is 9.53 Å². The Balaban J connectivity index is 2.52. The second-order valence-electron chi connectivity index (χ2n) is 5.27. The Hall–Kier alpha value is -1.31. The van der Waals surface area contributed by atoms with Crippen molar-refractivity contribution in [2.75, 3.05) is 0 Å². The second kappa shape index (κ2) is 3.34. The molecule has 1 unspecified atom stereocenters. The molecule has 1 atom stereocenters. The molecule has 0 saturated carbocycles. The third-order valence-electron chi connectivity index (χ3n) is 3.71. The maximum absolute atomic E-state index is 11.6. The fourth-order valence-corrected chi connectivity index (χ4v) is 2.79. The predicted molar refractivity (Wildman–Crippen MR) is 62.8 cm³/mol. The summed E-state index contributed by atoms with van der Waals surface area (Å²) in [5, 5.41) is 0. The van der Waals surface area contributed by atoms with Crippen LogP contribution in [0.1, 0.15) is 33.3 Å². The fraction of sp³-hybridized carbons (Fsp3) is 0.500. The van der Waals surface area contributed by atoms with Crippen molar-refractivity contribution in [1.29, 1.82) is 0 Å². The highest BCUT2D eigenvalue weighted by Crippen LogP contribution is 2.56. The molecule has 1 aromatic rings. The van der Waals surface area contributed by atoms with E-state index in [1.807, 2.05) is 44.2 Å². The average molecular weight is 218 g/mol. The van der Waals surface area contributed by atoms with Gasteiger partial charge < -0.3 is 4.74 Å². The van der Waals surface area contributed by atoms with Crippen LogP contribution in [0.5, 0.6) is 0 Å². The van der Waals surface area contributed by atoms with E-state index in [9.17, 15) is 4.79 Å². The van der Waals surface area contributed by atoms with Crippen molar-refractivity contribution >= 4 is 5.97 Å². The van der Waals surface area contributed by atoms with E-state index in [4.69, 9.17) is 4.74 Å². The molecule has 1 saturated heterocycles. The Kier molecular flexibility index (Phi) is 2.33. The summed E-state index contributed by atoms with van der Waals surface area (Å²) >= 11 is 0. The number of carbonyl (C=O) groups is 1. The molecule has 0 bridgehead atoms. The van der Waals surface area contributed by atoms with E-state index in [1.165, 1.54) is 0 Å². The Morgan fingerprint density at radius 1 is 1.12 bits per heavy atom. The minimum absolute atomic E-state index is 0.106. The molecular formula is C14H18O2. The van der Waals surface area contributed by atoms with Gasteiger partial charge in [0, 0.05) is 0 Å². The van der Waals surface area contributed by atoms with E-state index < -0.39 is 11.0 Å². The molecule has 1 heterocycles. The largest absolute Gasteiger partial charge is 0.452 e. The lowest BCUT2D eigenvalue weighted by atomic mass is 9.61. The maximum Gasteiger partial charge on any atom is 0.316 e. The lowest BCUT2D eigenvalue weighted by Gasteiger charge is -2.56. The molecule has 0 spiro atoms. The summed E-state index contributed by atoms with van der Waals surface area (Å²) in [6.07, 6.45) is 0. The summed E-state index contributed by atoms with van der Waals surface area (Å²) in [5.74, 6) is 0.160. The maximum atomic E-state index is 11.6. The first-order chi connectivity index (χ1) is 7.43. The highest BCUT2D eigenvalue weighted by atomic mass is 16.6. The minimum atomic E-state index is -0.467. The minimum Gasteiger partial charge on any atom is -0.452 e. The summed E-state index contributed by atoms with van der Waals surface area (Å²) in [7, 11) is 0. The lowest BCUT2D eigenvalue weighted by molar-refractivity contribution is -0.254. The Labute approximate surface area is 96.6 Å². The summed E-state index contributed by atoms with van der Waals surface area (Å²) in [5.41, 5.74) is 0.183. The van der Waals surface area contributed by atoms with Crippen LogP contribution in [0, 0.1) is 11.3 Å². The summed E-state index contributed by atoms with van der Waals surface area (Å²) in [4.78, 5) is 11.6. The second-order valence-corrected chi connectivity index (χ2v) is 5.27. The summed E-state index contributed by atoms with van der Waals surface area (Å²) in [6, 6.07) is 10.0. The summed E-state index contributed by atoms with van der Waals surface area (Å²) < 4.78 is 5.55. The molecule has 2 heteroatoms. The van der Waals surface area contributed by atoms with Gasteiger partial charge in [-0.1, -0.05) is 44.2 Å². The molecule has 1 aliphatic heterocycles. The number of hydrogen-bond acceptors (Lipinski definition) is 2. The first kappa shape index (κ1) is 11.2. The van der Waals surface area contributed by atoms with Crippen molar-refractivity contribution in [3.8, 4) is 0 Å². The van der Waals surface area contributed by atoms with Crippen LogP contribution < -0.4 is 0 Å². The van der Waals surface area contributed by atoms with E-state index in [2.05, 4.69) is 13.8 Å². The van der Waals surface area contributed by atoms with Crippen LogP contribution in [-0.2, 0) is 15.1 Å². The van der Waals surface area contributed by atoms with Gasteiger partial charge in [0.1, 0.15) is 5.41 Å². The Morgan fingerprint density at radius 2 is 1.69 bits per heavy atom. The highest BCUT2D eigenvalue weighted by Gasteiger charge is 2.65. The third-order valence-corrected chi connectivity index (χ3v) is 3.71. The smallest absolute Gasteiger partial charge is 0.316 e. The Morgan fingerprint density at radius 3 is 2.06 bits per heavy atom. The van der Waals surface area contributed by atoms with Crippen LogP contribution in [0.25, 0.3) is 0 Å². The molecular weight excluding hydrogens is 200 g/mol. The van der Waals surface area contributed by atoms with E-state index in [-0.39, 0.29) is 11.9 Å². The molecule has 2 rings (SSSR count). The molecule has 86 valence electrons. The lowest BCUT2D eigenvalue weighted by Crippen LogP contribution is -2.64. The van der Waals surface area contributed by atoms with Gasteiger partial charge in [0.05, 0.1) is 0 Å². The van der Waals surface area contributed by atoms with Gasteiger partial charge in [-0.25, -0.2) is 0 Å². The molecule has 0 radical (unpaired) electrons. The van der Waals surface area contributed by atoms with Crippen molar-refractivity contribution in [2.24, 2.45) is 11.3 Å². The van der Waals surface area contributed by atoms with Gasteiger partial charge in [0.25, 0.3) is 0 Å². The molecule has 0 aromatic heterocycles. The normalized spacial score (nSPS) is 27.4. The molecule has 1 aliphatic rings. The van der Waals surface area contributed by atoms with Crippen LogP contribution >= 0.6 is 0 Å². The van der Waals surface area contributed by atoms with Crippen LogP contribution in [0.4, 0.5) is 0 Å². The quantitative estimate of drug-likeness (QED) is 0.713. The van der Waals surface area contributed by atoms with Crippen LogP contribution in [0.2, 0.25) is 0 Å². The van der Waals surface area contributed by atoms with Crippen molar-refractivity contribution in [3.63, 3.8) is 0 Å². The zero-order chi connectivity index (χ0) is 12.0. The zero-order valence-corrected chi connectivity index (χ0v) is 10.3. The molecule has 1 aromatic carbocycles. The number of ether oxygens (including phenoxy) is 1. The number of carbonyl (C=O) groups excluding carboxylic acids is 1. The molecule has 1 fully saturated rings. The van der Waals surface area contributed by atoms with Gasteiger partial charge in [-0.3, -0.25) is 4.79 Å². The fourth-order valence-electron chi connectivity index (χ4n) is 2.79. The number of rotatable bonds is 2. The average Bonchev–Trinajstić information content (AvgIpc) is 2.26. The first-order valence-corrected chi connectivity index (χ1v) is 5.72. The Bertz CT molecular complexity index is 406. The molecule has 16 heavy (non-hydrogen) atoms. The van der Waals surface area contributed by atoms with Gasteiger partial charge >= 0.3 is 5.97 Å². The number of benzene rings is 1. The monoisotopic (exact) mass is 218 g/mol. The van der Waals surface area contributed by atoms with Crippen LogP contribution in [-0.4, -0.2) is 5.97 Å². The predicted octanol–water partition coefficient (Wildman–Crippen LogP) is 3.12. The highest BCUT2D eigenvalue weighted by molar-refractivity contribution is 5.84. The third kappa shape index (κ3) is 1.16. The molecule has 0 amide bonds. The van der Waals surface area contributed by atoms with Gasteiger partial charge in [-0.15, -0.1) is 0 Å². The van der Waals surface area contributed by atoms with Crippen molar-refractivity contribution in [3.05, 3.63) is 35.9 Å². The van der Waals surface area contributed by atoms with Gasteiger partial charge in [0.2, 0.25) is 0 Å². The van der Waals surface area contributed by atoms with E-state index in [0.29, 0.717) is 0 Å². The topological polar surface area (TPSA) is 26.3 Å². The van der Waals surface area contributed by atoms with Crippen LogP contribution in [0.15, 0.2) is 30.3 Å². The SMILES string of the molecule is CC(C)C1(c2ccccc2)OC(=O)C1(C)C. The summed E-state index contributed by atoms with van der Waals surface area (Å²) in [6.45, 7) is 8.13. The molecule has 0 aliphatic carbocycles. The number of hydrogen-bond donors (Lipinski definition) is 0. The van der Waals surface area contributed by atoms with E-state index in [1.54, 1.807) is 0 Å². The number of cyclic esters (lactones) is 1.